The molecule has 0 aromatic rings. The third-order valence-electron chi connectivity index (χ3n) is 2.69. The van der Waals surface area contributed by atoms with E-state index in [2.05, 4.69) is 15.8 Å². The van der Waals surface area contributed by atoms with Crippen LogP contribution in [0.2, 0.25) is 0 Å². The predicted octanol–water partition coefficient (Wildman–Crippen LogP) is 1.54. The number of nitrogens with one attached hydrogen (secondary N) is 2. The van der Waals surface area contributed by atoms with Crippen molar-refractivity contribution < 1.29 is 0 Å². The third kappa shape index (κ3) is 2.40. The molecule has 0 heterocycles. The van der Waals surface area contributed by atoms with E-state index in [-0.39, 0.29) is 0 Å². The maximum atomic E-state index is 5.09. The van der Waals surface area contributed by atoms with Crippen molar-refractivity contribution >= 4 is 23.0 Å². The van der Waals surface area contributed by atoms with Gasteiger partial charge in [0.2, 0.25) is 0 Å². The summed E-state index contributed by atoms with van der Waals surface area (Å²) in [4.78, 5) is 0. The van der Waals surface area contributed by atoms with Crippen LogP contribution in [0.3, 0.4) is 0 Å². The molecule has 0 amide bonds. The quantitative estimate of drug-likeness (QED) is 0.521. The largest absolute Gasteiger partial charge is 0.359 e. The molecule has 2 N–H and O–H groups in total. The van der Waals surface area contributed by atoms with Crippen molar-refractivity contribution in [2.24, 2.45) is 5.10 Å². The van der Waals surface area contributed by atoms with E-state index in [1.807, 2.05) is 0 Å². The van der Waals surface area contributed by atoms with E-state index in [1.54, 1.807) is 0 Å². The highest BCUT2D eigenvalue weighted by molar-refractivity contribution is 7.80. The molecule has 0 aromatic carbocycles. The van der Waals surface area contributed by atoms with Crippen molar-refractivity contribution in [3.05, 3.63) is 0 Å². The number of nitrogens with zero attached hydrogens (tertiary/aromatic N) is 1. The lowest BCUT2D eigenvalue weighted by Gasteiger charge is -2.27. The molecular weight excluding hydrogens is 182 g/mol. The van der Waals surface area contributed by atoms with Gasteiger partial charge in [-0.3, -0.25) is 5.43 Å². The maximum Gasteiger partial charge on any atom is 0.187 e. The number of thiocarbonyl (C=S) groups is 1. The highest BCUT2D eigenvalue weighted by Gasteiger charge is 2.17. The second-order valence-corrected chi connectivity index (χ2v) is 4.15. The van der Waals surface area contributed by atoms with Gasteiger partial charge in [-0.25, -0.2) is 0 Å². The van der Waals surface area contributed by atoms with E-state index in [9.17, 15) is 0 Å². The zero-order chi connectivity index (χ0) is 9.10. The normalized spacial score (nSPS) is 21.4. The molecule has 2 rings (SSSR count). The van der Waals surface area contributed by atoms with Crippen LogP contribution in [0.1, 0.15) is 38.5 Å². The third-order valence-corrected chi connectivity index (χ3v) is 2.90. The zero-order valence-electron chi connectivity index (χ0n) is 7.68. The Hall–Kier alpha value is -0.640. The van der Waals surface area contributed by atoms with Crippen LogP contribution < -0.4 is 10.7 Å². The lowest BCUT2D eigenvalue weighted by Crippen LogP contribution is -2.43. The SMILES string of the molecule is S=C(NN=C1CCC1)NC1CCC1. The fraction of sp³-hybridized carbons (Fsp3) is 0.778. The molecule has 0 aromatic heterocycles. The van der Waals surface area contributed by atoms with Gasteiger partial charge >= 0.3 is 0 Å². The van der Waals surface area contributed by atoms with Gasteiger partial charge in [-0.2, -0.15) is 5.10 Å². The molecule has 2 fully saturated rings. The lowest BCUT2D eigenvalue weighted by molar-refractivity contribution is 0.382. The van der Waals surface area contributed by atoms with Crippen LogP contribution in [0.25, 0.3) is 0 Å². The van der Waals surface area contributed by atoms with Gasteiger partial charge in [0.25, 0.3) is 0 Å². The minimum absolute atomic E-state index is 0.599. The molecule has 0 radical (unpaired) electrons. The van der Waals surface area contributed by atoms with Crippen LogP contribution in [0.15, 0.2) is 5.10 Å². The number of rotatable bonds is 2. The Balaban J connectivity index is 1.65. The highest BCUT2D eigenvalue weighted by Crippen LogP contribution is 2.17. The van der Waals surface area contributed by atoms with E-state index in [0.29, 0.717) is 11.2 Å². The first-order valence-corrected chi connectivity index (χ1v) is 5.37. The van der Waals surface area contributed by atoms with Gasteiger partial charge in [0.15, 0.2) is 5.11 Å². The van der Waals surface area contributed by atoms with Crippen LogP contribution in [-0.2, 0) is 0 Å². The van der Waals surface area contributed by atoms with Crippen LogP contribution in [0.4, 0.5) is 0 Å². The standard InChI is InChI=1S/C9H15N3S/c13-9(10-7-3-1-4-7)12-11-8-5-2-6-8/h7H,1-6H2,(H2,10,12,13). The van der Waals surface area contributed by atoms with Crippen LogP contribution >= 0.6 is 12.2 Å². The molecule has 2 saturated carbocycles. The van der Waals surface area contributed by atoms with Crippen molar-refractivity contribution in [1.29, 1.82) is 0 Å². The average molecular weight is 197 g/mol. The monoisotopic (exact) mass is 197 g/mol. The van der Waals surface area contributed by atoms with Crippen molar-refractivity contribution in [3.8, 4) is 0 Å². The van der Waals surface area contributed by atoms with Gasteiger partial charge in [-0.05, 0) is 50.7 Å². The Kier molecular flexibility index (Phi) is 2.78. The van der Waals surface area contributed by atoms with Gasteiger partial charge in [-0.1, -0.05) is 0 Å². The van der Waals surface area contributed by atoms with E-state index in [0.717, 1.165) is 12.8 Å². The summed E-state index contributed by atoms with van der Waals surface area (Å²) in [5.41, 5.74) is 4.14. The fourth-order valence-corrected chi connectivity index (χ4v) is 1.56. The van der Waals surface area contributed by atoms with Crippen LogP contribution in [0, 0.1) is 0 Å². The minimum atomic E-state index is 0.599. The molecule has 2 aliphatic carbocycles. The topological polar surface area (TPSA) is 36.4 Å². The molecule has 72 valence electrons. The van der Waals surface area contributed by atoms with Gasteiger partial charge in [-0.15, -0.1) is 0 Å². The average Bonchev–Trinajstić information content (AvgIpc) is 1.94. The van der Waals surface area contributed by atoms with E-state index in [4.69, 9.17) is 12.2 Å². The minimum Gasteiger partial charge on any atom is -0.359 e. The number of hydrazone groups is 1. The van der Waals surface area contributed by atoms with Crippen LogP contribution in [0.5, 0.6) is 0 Å². The Labute approximate surface area is 84.0 Å². The summed E-state index contributed by atoms with van der Waals surface area (Å²) in [6.45, 7) is 0. The van der Waals surface area contributed by atoms with Crippen molar-refractivity contribution in [1.82, 2.24) is 10.7 Å². The van der Waals surface area contributed by atoms with E-state index < -0.39 is 0 Å². The zero-order valence-corrected chi connectivity index (χ0v) is 8.49. The molecular formula is C9H15N3S. The summed E-state index contributed by atoms with van der Waals surface area (Å²) in [5.74, 6) is 0. The van der Waals surface area contributed by atoms with E-state index in [1.165, 1.54) is 31.4 Å². The summed E-state index contributed by atoms with van der Waals surface area (Å²) in [6, 6.07) is 0.599. The molecule has 0 bridgehead atoms. The van der Waals surface area contributed by atoms with Gasteiger partial charge in [0, 0.05) is 11.8 Å². The maximum absolute atomic E-state index is 5.09. The van der Waals surface area contributed by atoms with Crippen LogP contribution in [-0.4, -0.2) is 16.9 Å². The van der Waals surface area contributed by atoms with Crippen molar-refractivity contribution in [2.45, 2.75) is 44.6 Å². The number of hydrogen-bond acceptors (Lipinski definition) is 2. The first-order chi connectivity index (χ1) is 6.34. The lowest BCUT2D eigenvalue weighted by atomic mass is 9.93. The molecule has 0 unspecified atom stereocenters. The molecule has 0 atom stereocenters. The summed E-state index contributed by atoms with van der Waals surface area (Å²) in [7, 11) is 0. The van der Waals surface area contributed by atoms with Gasteiger partial charge in [0.05, 0.1) is 0 Å². The molecule has 2 aliphatic rings. The molecule has 0 saturated heterocycles. The summed E-state index contributed by atoms with van der Waals surface area (Å²) >= 11 is 5.09. The Morgan fingerprint density at radius 3 is 2.54 bits per heavy atom. The molecule has 0 aliphatic heterocycles. The smallest absolute Gasteiger partial charge is 0.187 e. The molecule has 13 heavy (non-hydrogen) atoms. The Morgan fingerprint density at radius 2 is 2.08 bits per heavy atom. The summed E-state index contributed by atoms with van der Waals surface area (Å²) < 4.78 is 0. The Morgan fingerprint density at radius 1 is 1.31 bits per heavy atom. The second kappa shape index (κ2) is 4.05. The molecule has 3 nitrogen and oxygen atoms in total. The first-order valence-electron chi connectivity index (χ1n) is 4.96. The molecule has 4 heteroatoms. The summed E-state index contributed by atoms with van der Waals surface area (Å²) in [6.07, 6.45) is 7.38. The molecule has 0 spiro atoms. The fourth-order valence-electron chi connectivity index (χ4n) is 1.35. The highest BCUT2D eigenvalue weighted by atomic mass is 32.1. The van der Waals surface area contributed by atoms with Crippen molar-refractivity contribution in [2.75, 3.05) is 0 Å². The predicted molar refractivity (Wildman–Crippen MR) is 57.8 cm³/mol. The number of hydrogen-bond donors (Lipinski definition) is 2. The first kappa shape index (κ1) is 8.94. The summed E-state index contributed by atoms with van der Waals surface area (Å²) in [5, 5.41) is 8.12. The van der Waals surface area contributed by atoms with Gasteiger partial charge < -0.3 is 5.32 Å². The van der Waals surface area contributed by atoms with Crippen molar-refractivity contribution in [3.63, 3.8) is 0 Å². The second-order valence-electron chi connectivity index (χ2n) is 3.74. The van der Waals surface area contributed by atoms with E-state index >= 15 is 0 Å². The van der Waals surface area contributed by atoms with Gasteiger partial charge in [0.1, 0.15) is 0 Å². The Bertz CT molecular complexity index is 227.